The van der Waals surface area contributed by atoms with Crippen LogP contribution in [0.25, 0.3) is 0 Å². The molecule has 0 amide bonds. The number of anilines is 1. The van der Waals surface area contributed by atoms with E-state index in [4.69, 9.17) is 9.26 Å². The van der Waals surface area contributed by atoms with E-state index in [0.717, 1.165) is 37.2 Å². The van der Waals surface area contributed by atoms with Gasteiger partial charge in [-0.15, -0.1) is 0 Å². The minimum atomic E-state index is 0.0611. The Balaban J connectivity index is 1.59. The lowest BCUT2D eigenvalue weighted by Gasteiger charge is -2.30. The summed E-state index contributed by atoms with van der Waals surface area (Å²) in [4.78, 5) is 23.0. The summed E-state index contributed by atoms with van der Waals surface area (Å²) < 4.78 is 12.0. The standard InChI is InChI=1S/C16H23N5O3/c1-11-12(2)17-10-21(15(11)22)8-13-4-6-20(7-5-13)16-18-14(9-23-3)19-24-16/h10,13H,4-9H2,1-3H3. The van der Waals surface area contributed by atoms with Crippen molar-refractivity contribution in [1.82, 2.24) is 19.7 Å². The number of aryl methyl sites for hydroxylation is 1. The Hall–Kier alpha value is -2.22. The number of ether oxygens (including phenoxy) is 1. The van der Waals surface area contributed by atoms with Crippen molar-refractivity contribution in [3.63, 3.8) is 0 Å². The Morgan fingerprint density at radius 3 is 2.79 bits per heavy atom. The molecule has 130 valence electrons. The zero-order chi connectivity index (χ0) is 17.1. The molecule has 0 unspecified atom stereocenters. The molecule has 0 radical (unpaired) electrons. The van der Waals surface area contributed by atoms with Crippen molar-refractivity contribution in [2.45, 2.75) is 39.8 Å². The van der Waals surface area contributed by atoms with Gasteiger partial charge in [0, 0.05) is 38.0 Å². The summed E-state index contributed by atoms with van der Waals surface area (Å²) in [6.45, 7) is 6.43. The number of methoxy groups -OCH3 is 1. The highest BCUT2D eigenvalue weighted by Gasteiger charge is 2.23. The maximum absolute atomic E-state index is 12.3. The summed E-state index contributed by atoms with van der Waals surface area (Å²) in [7, 11) is 1.60. The molecule has 8 nitrogen and oxygen atoms in total. The minimum Gasteiger partial charge on any atom is -0.377 e. The molecule has 2 aromatic heterocycles. The third-order valence-corrected chi connectivity index (χ3v) is 4.59. The normalized spacial score (nSPS) is 15.9. The second-order valence-corrected chi connectivity index (χ2v) is 6.27. The summed E-state index contributed by atoms with van der Waals surface area (Å²) in [6.07, 6.45) is 3.61. The Labute approximate surface area is 140 Å². The molecule has 24 heavy (non-hydrogen) atoms. The fraction of sp³-hybridized carbons (Fsp3) is 0.625. The number of nitrogens with zero attached hydrogens (tertiary/aromatic N) is 5. The number of rotatable bonds is 5. The van der Waals surface area contributed by atoms with Gasteiger partial charge >= 0.3 is 6.01 Å². The number of hydrogen-bond acceptors (Lipinski definition) is 7. The molecule has 1 saturated heterocycles. The molecule has 3 rings (SSSR count). The summed E-state index contributed by atoms with van der Waals surface area (Å²) in [6, 6.07) is 0.547. The zero-order valence-corrected chi connectivity index (χ0v) is 14.4. The van der Waals surface area contributed by atoms with Crippen LogP contribution >= 0.6 is 0 Å². The van der Waals surface area contributed by atoms with E-state index in [0.29, 0.717) is 30.9 Å². The maximum Gasteiger partial charge on any atom is 0.324 e. The van der Waals surface area contributed by atoms with E-state index in [1.165, 1.54) is 0 Å². The number of aromatic nitrogens is 4. The van der Waals surface area contributed by atoms with Crippen molar-refractivity contribution < 1.29 is 9.26 Å². The summed E-state index contributed by atoms with van der Waals surface area (Å²) in [5, 5.41) is 3.89. The van der Waals surface area contributed by atoms with Crippen molar-refractivity contribution in [3.05, 3.63) is 33.8 Å². The van der Waals surface area contributed by atoms with Crippen LogP contribution in [-0.2, 0) is 17.9 Å². The van der Waals surface area contributed by atoms with Crippen molar-refractivity contribution in [3.8, 4) is 0 Å². The molecule has 3 heterocycles. The van der Waals surface area contributed by atoms with Gasteiger partial charge < -0.3 is 14.2 Å². The van der Waals surface area contributed by atoms with Gasteiger partial charge in [0.05, 0.1) is 6.33 Å². The molecule has 0 aliphatic carbocycles. The lowest BCUT2D eigenvalue weighted by atomic mass is 9.97. The van der Waals surface area contributed by atoms with Gasteiger partial charge in [-0.25, -0.2) is 4.98 Å². The van der Waals surface area contributed by atoms with Gasteiger partial charge in [-0.2, -0.15) is 4.98 Å². The monoisotopic (exact) mass is 333 g/mol. The Morgan fingerprint density at radius 1 is 1.33 bits per heavy atom. The minimum absolute atomic E-state index is 0.0611. The van der Waals surface area contributed by atoms with Crippen LogP contribution < -0.4 is 10.5 Å². The smallest absolute Gasteiger partial charge is 0.324 e. The fourth-order valence-corrected chi connectivity index (χ4v) is 2.95. The largest absolute Gasteiger partial charge is 0.377 e. The highest BCUT2D eigenvalue weighted by atomic mass is 16.5. The van der Waals surface area contributed by atoms with E-state index >= 15 is 0 Å². The highest BCUT2D eigenvalue weighted by Crippen LogP contribution is 2.23. The van der Waals surface area contributed by atoms with Gasteiger partial charge in [0.25, 0.3) is 5.56 Å². The van der Waals surface area contributed by atoms with E-state index in [9.17, 15) is 4.79 Å². The molecule has 0 aromatic carbocycles. The summed E-state index contributed by atoms with van der Waals surface area (Å²) >= 11 is 0. The van der Waals surface area contributed by atoms with Gasteiger partial charge in [0.15, 0.2) is 5.82 Å². The molecule has 0 N–H and O–H groups in total. The van der Waals surface area contributed by atoms with E-state index < -0.39 is 0 Å². The lowest BCUT2D eigenvalue weighted by Crippen LogP contribution is -2.37. The van der Waals surface area contributed by atoms with Gasteiger partial charge in [0.2, 0.25) is 0 Å². The average Bonchev–Trinajstić information content (AvgIpc) is 3.05. The molecule has 0 bridgehead atoms. The number of hydrogen-bond donors (Lipinski definition) is 0. The molecular weight excluding hydrogens is 310 g/mol. The SMILES string of the molecule is COCc1noc(N2CCC(Cn3cnc(C)c(C)c3=O)CC2)n1. The molecule has 2 aromatic rings. The van der Waals surface area contributed by atoms with Crippen LogP contribution in [0.15, 0.2) is 15.6 Å². The molecule has 8 heteroatoms. The quantitative estimate of drug-likeness (QED) is 0.815. The van der Waals surface area contributed by atoms with Crippen LogP contribution in [0.4, 0.5) is 6.01 Å². The Morgan fingerprint density at radius 2 is 2.08 bits per heavy atom. The summed E-state index contributed by atoms with van der Waals surface area (Å²) in [5.41, 5.74) is 1.59. The van der Waals surface area contributed by atoms with Gasteiger partial charge in [0.1, 0.15) is 6.61 Å². The van der Waals surface area contributed by atoms with Crippen LogP contribution in [0, 0.1) is 19.8 Å². The summed E-state index contributed by atoms with van der Waals surface area (Å²) in [5.74, 6) is 1.01. The first kappa shape index (κ1) is 16.6. The van der Waals surface area contributed by atoms with Crippen LogP contribution in [0.5, 0.6) is 0 Å². The zero-order valence-electron chi connectivity index (χ0n) is 14.4. The predicted molar refractivity (Wildman–Crippen MR) is 87.9 cm³/mol. The highest BCUT2D eigenvalue weighted by molar-refractivity contribution is 5.25. The first-order valence-corrected chi connectivity index (χ1v) is 8.17. The second-order valence-electron chi connectivity index (χ2n) is 6.27. The average molecular weight is 333 g/mol. The van der Waals surface area contributed by atoms with E-state index in [-0.39, 0.29) is 5.56 Å². The van der Waals surface area contributed by atoms with Gasteiger partial charge in [-0.1, -0.05) is 5.16 Å². The molecule has 0 spiro atoms. The molecule has 1 fully saturated rings. The van der Waals surface area contributed by atoms with Crippen molar-refractivity contribution >= 4 is 6.01 Å². The fourth-order valence-electron chi connectivity index (χ4n) is 2.95. The van der Waals surface area contributed by atoms with Crippen molar-refractivity contribution in [2.24, 2.45) is 5.92 Å². The molecule has 1 aliphatic rings. The molecular formula is C16H23N5O3. The van der Waals surface area contributed by atoms with Gasteiger partial charge in [-0.3, -0.25) is 9.36 Å². The van der Waals surface area contributed by atoms with Crippen molar-refractivity contribution in [1.29, 1.82) is 0 Å². The first-order valence-electron chi connectivity index (χ1n) is 8.17. The number of piperidine rings is 1. The van der Waals surface area contributed by atoms with E-state index in [1.54, 1.807) is 18.0 Å². The second kappa shape index (κ2) is 7.12. The maximum atomic E-state index is 12.3. The molecule has 0 saturated carbocycles. The van der Waals surface area contributed by atoms with Gasteiger partial charge in [-0.05, 0) is 32.6 Å². The third kappa shape index (κ3) is 3.48. The Kier molecular flexibility index (Phi) is 4.94. The van der Waals surface area contributed by atoms with Crippen LogP contribution in [0.2, 0.25) is 0 Å². The molecule has 0 atom stereocenters. The first-order chi connectivity index (χ1) is 11.6. The Bertz CT molecular complexity index is 746. The van der Waals surface area contributed by atoms with Crippen LogP contribution in [0.3, 0.4) is 0 Å². The third-order valence-electron chi connectivity index (χ3n) is 4.59. The van der Waals surface area contributed by atoms with E-state index in [2.05, 4.69) is 20.0 Å². The topological polar surface area (TPSA) is 86.3 Å². The van der Waals surface area contributed by atoms with Crippen LogP contribution in [0.1, 0.15) is 29.9 Å². The lowest BCUT2D eigenvalue weighted by molar-refractivity contribution is 0.174. The van der Waals surface area contributed by atoms with Crippen molar-refractivity contribution in [2.75, 3.05) is 25.1 Å². The van der Waals surface area contributed by atoms with Crippen LogP contribution in [-0.4, -0.2) is 39.9 Å². The van der Waals surface area contributed by atoms with E-state index in [1.807, 2.05) is 13.8 Å². The molecule has 1 aliphatic heterocycles. The predicted octanol–water partition coefficient (Wildman–Crippen LogP) is 1.31.